The van der Waals surface area contributed by atoms with Crippen LogP contribution in [-0.2, 0) is 4.79 Å². The summed E-state index contributed by atoms with van der Waals surface area (Å²) in [6.07, 6.45) is 3.91. The summed E-state index contributed by atoms with van der Waals surface area (Å²) in [5.74, 6) is 0.00615. The van der Waals surface area contributed by atoms with Crippen LogP contribution in [-0.4, -0.2) is 33.1 Å². The number of hydrogen-bond acceptors (Lipinski definition) is 5. The number of benzene rings is 1. The lowest BCUT2D eigenvalue weighted by Crippen LogP contribution is -2.27. The van der Waals surface area contributed by atoms with E-state index in [9.17, 15) is 4.79 Å². The van der Waals surface area contributed by atoms with Crippen molar-refractivity contribution in [2.75, 3.05) is 13.1 Å². The standard InChI is InChI=1S/C18H18N2OS3/c1-3-19-14(13-8-6-5-7-9-13)12-23-16(19)11-10-15-17(21)20(4-2)18(22)24-15/h5-12H,3-4H2,1-2H3. The Morgan fingerprint density at radius 3 is 2.42 bits per heavy atom. The SMILES string of the molecule is CCN1C(=O)C(=CC=C2SC=C(c3ccccc3)N2CC)SC1=S. The van der Waals surface area contributed by atoms with E-state index in [1.165, 1.54) is 23.0 Å². The largest absolute Gasteiger partial charge is 0.335 e. The molecule has 1 amide bonds. The van der Waals surface area contributed by atoms with Crippen LogP contribution in [0.5, 0.6) is 0 Å². The zero-order chi connectivity index (χ0) is 17.1. The van der Waals surface area contributed by atoms with Crippen molar-refractivity contribution >= 4 is 51.7 Å². The van der Waals surface area contributed by atoms with Gasteiger partial charge < -0.3 is 4.90 Å². The van der Waals surface area contributed by atoms with Gasteiger partial charge in [0.1, 0.15) is 4.32 Å². The molecule has 0 aliphatic carbocycles. The summed E-state index contributed by atoms with van der Waals surface area (Å²) in [5.41, 5.74) is 2.40. The second-order valence-electron chi connectivity index (χ2n) is 5.18. The molecule has 0 atom stereocenters. The molecule has 1 aromatic carbocycles. The summed E-state index contributed by atoms with van der Waals surface area (Å²) < 4.78 is 0.640. The minimum atomic E-state index is 0.00615. The molecule has 0 N–H and O–H groups in total. The van der Waals surface area contributed by atoms with Crippen molar-refractivity contribution in [3.63, 3.8) is 0 Å². The van der Waals surface area contributed by atoms with Crippen LogP contribution in [0.15, 0.2) is 57.8 Å². The first-order chi connectivity index (χ1) is 11.7. The average Bonchev–Trinajstić information content (AvgIpc) is 3.13. The first-order valence-electron chi connectivity index (χ1n) is 7.81. The second kappa shape index (κ2) is 7.59. The molecule has 6 heteroatoms. The number of carbonyl (C=O) groups excluding carboxylic acids is 1. The minimum Gasteiger partial charge on any atom is -0.335 e. The highest BCUT2D eigenvalue weighted by Crippen LogP contribution is 2.40. The number of likely N-dealkylation sites (N-methyl/N-ethyl adjacent to an activating group) is 1. The topological polar surface area (TPSA) is 23.6 Å². The molecule has 2 heterocycles. The quantitative estimate of drug-likeness (QED) is 0.563. The van der Waals surface area contributed by atoms with Gasteiger partial charge in [0.2, 0.25) is 0 Å². The Balaban J connectivity index is 1.81. The molecule has 0 bridgehead atoms. The molecular formula is C18H18N2OS3. The highest BCUT2D eigenvalue weighted by atomic mass is 32.2. The molecule has 0 aromatic heterocycles. The maximum absolute atomic E-state index is 12.3. The molecule has 0 spiro atoms. The lowest BCUT2D eigenvalue weighted by atomic mass is 10.1. The number of amides is 1. The Hall–Kier alpha value is -1.50. The number of thiocarbonyl (C=S) groups is 1. The van der Waals surface area contributed by atoms with Gasteiger partial charge in [-0.25, -0.2) is 0 Å². The van der Waals surface area contributed by atoms with Gasteiger partial charge in [-0.2, -0.15) is 0 Å². The highest BCUT2D eigenvalue weighted by molar-refractivity contribution is 8.26. The van der Waals surface area contributed by atoms with Crippen molar-refractivity contribution in [1.82, 2.24) is 9.80 Å². The molecule has 24 heavy (non-hydrogen) atoms. The summed E-state index contributed by atoms with van der Waals surface area (Å²) in [6.45, 7) is 5.57. The van der Waals surface area contributed by atoms with E-state index < -0.39 is 0 Å². The third-order valence-corrected chi connectivity index (χ3v) is 6.14. The van der Waals surface area contributed by atoms with Gasteiger partial charge in [0.15, 0.2) is 0 Å². The Morgan fingerprint density at radius 2 is 1.79 bits per heavy atom. The van der Waals surface area contributed by atoms with Gasteiger partial charge >= 0.3 is 0 Å². The number of allylic oxidation sites excluding steroid dienone is 2. The van der Waals surface area contributed by atoms with Crippen LogP contribution >= 0.6 is 35.7 Å². The molecule has 0 radical (unpaired) electrons. The normalized spacial score (nSPS) is 21.3. The van der Waals surface area contributed by atoms with Crippen LogP contribution in [0.4, 0.5) is 0 Å². The smallest absolute Gasteiger partial charge is 0.266 e. The van der Waals surface area contributed by atoms with Gasteiger partial charge in [0, 0.05) is 18.5 Å². The fourth-order valence-corrected chi connectivity index (χ4v) is 4.91. The van der Waals surface area contributed by atoms with Crippen molar-refractivity contribution in [1.29, 1.82) is 0 Å². The average molecular weight is 375 g/mol. The van der Waals surface area contributed by atoms with Gasteiger partial charge in [-0.15, -0.1) is 0 Å². The monoisotopic (exact) mass is 374 g/mol. The van der Waals surface area contributed by atoms with E-state index >= 15 is 0 Å². The van der Waals surface area contributed by atoms with Crippen LogP contribution in [0.25, 0.3) is 5.70 Å². The van der Waals surface area contributed by atoms with Crippen molar-refractivity contribution in [3.05, 3.63) is 63.4 Å². The van der Waals surface area contributed by atoms with E-state index in [0.29, 0.717) is 15.8 Å². The maximum Gasteiger partial charge on any atom is 0.266 e. The summed E-state index contributed by atoms with van der Waals surface area (Å²) in [7, 11) is 0. The van der Waals surface area contributed by atoms with Crippen LogP contribution in [0.1, 0.15) is 19.4 Å². The van der Waals surface area contributed by atoms with Gasteiger partial charge in [-0.1, -0.05) is 66.1 Å². The van der Waals surface area contributed by atoms with E-state index in [0.717, 1.165) is 11.6 Å². The van der Waals surface area contributed by atoms with Gasteiger partial charge in [0.05, 0.1) is 15.6 Å². The van der Waals surface area contributed by atoms with E-state index in [1.54, 1.807) is 16.7 Å². The number of carbonyl (C=O) groups is 1. The van der Waals surface area contributed by atoms with E-state index in [4.69, 9.17) is 12.2 Å². The van der Waals surface area contributed by atoms with Crippen LogP contribution in [0.3, 0.4) is 0 Å². The Morgan fingerprint density at radius 1 is 1.08 bits per heavy atom. The lowest BCUT2D eigenvalue weighted by molar-refractivity contribution is -0.122. The highest BCUT2D eigenvalue weighted by Gasteiger charge is 2.30. The third-order valence-electron chi connectivity index (χ3n) is 3.80. The van der Waals surface area contributed by atoms with Crippen molar-refractivity contribution in [2.24, 2.45) is 0 Å². The van der Waals surface area contributed by atoms with E-state index in [1.807, 2.05) is 37.3 Å². The molecule has 0 unspecified atom stereocenters. The number of nitrogens with zero attached hydrogens (tertiary/aromatic N) is 2. The fourth-order valence-electron chi connectivity index (χ4n) is 2.58. The zero-order valence-corrected chi connectivity index (χ0v) is 16.0. The van der Waals surface area contributed by atoms with Crippen LogP contribution in [0, 0.1) is 0 Å². The summed E-state index contributed by atoms with van der Waals surface area (Å²) in [5, 5.41) is 3.29. The number of thioether (sulfide) groups is 2. The number of hydrogen-bond donors (Lipinski definition) is 0. The molecule has 1 fully saturated rings. The summed E-state index contributed by atoms with van der Waals surface area (Å²) in [4.78, 5) is 16.9. The molecular weight excluding hydrogens is 356 g/mol. The lowest BCUT2D eigenvalue weighted by Gasteiger charge is -2.21. The van der Waals surface area contributed by atoms with Crippen molar-refractivity contribution in [3.8, 4) is 0 Å². The molecule has 0 saturated carbocycles. The van der Waals surface area contributed by atoms with Gasteiger partial charge in [-0.3, -0.25) is 9.69 Å². The predicted octanol–water partition coefficient (Wildman–Crippen LogP) is 4.66. The first kappa shape index (κ1) is 17.3. The van der Waals surface area contributed by atoms with Crippen LogP contribution < -0.4 is 0 Å². The molecule has 124 valence electrons. The summed E-state index contributed by atoms with van der Waals surface area (Å²) in [6, 6.07) is 10.3. The molecule has 1 aromatic rings. The first-order valence-corrected chi connectivity index (χ1v) is 9.91. The second-order valence-corrected chi connectivity index (χ2v) is 7.75. The van der Waals surface area contributed by atoms with Crippen LogP contribution in [0.2, 0.25) is 0 Å². The Labute approximate surface area is 156 Å². The maximum atomic E-state index is 12.3. The van der Waals surface area contributed by atoms with Crippen molar-refractivity contribution < 1.29 is 4.79 Å². The third kappa shape index (κ3) is 3.31. The van der Waals surface area contributed by atoms with Gasteiger partial charge in [-0.05, 0) is 31.6 Å². The Kier molecular flexibility index (Phi) is 5.48. The number of rotatable bonds is 4. The molecule has 2 aliphatic rings. The van der Waals surface area contributed by atoms with E-state index in [2.05, 4.69) is 29.4 Å². The molecule has 1 saturated heterocycles. The predicted molar refractivity (Wildman–Crippen MR) is 108 cm³/mol. The fraction of sp³-hybridized carbons (Fsp3) is 0.222. The molecule has 3 rings (SSSR count). The van der Waals surface area contributed by atoms with Gasteiger partial charge in [0.25, 0.3) is 5.91 Å². The van der Waals surface area contributed by atoms with E-state index in [-0.39, 0.29) is 5.91 Å². The minimum absolute atomic E-state index is 0.00615. The Bertz CT molecular complexity index is 753. The molecule has 2 aliphatic heterocycles. The molecule has 3 nitrogen and oxygen atoms in total. The van der Waals surface area contributed by atoms with Crippen molar-refractivity contribution in [2.45, 2.75) is 13.8 Å². The summed E-state index contributed by atoms with van der Waals surface area (Å²) >= 11 is 8.31. The zero-order valence-electron chi connectivity index (χ0n) is 13.6.